The van der Waals surface area contributed by atoms with Crippen molar-refractivity contribution in [2.24, 2.45) is 0 Å². The van der Waals surface area contributed by atoms with Crippen LogP contribution in [0, 0.1) is 0 Å². The Labute approximate surface area is 213 Å². The summed E-state index contributed by atoms with van der Waals surface area (Å²) in [6, 6.07) is 15.3. The van der Waals surface area contributed by atoms with E-state index < -0.39 is 16.9 Å². The van der Waals surface area contributed by atoms with Crippen molar-refractivity contribution < 1.29 is 14.7 Å². The van der Waals surface area contributed by atoms with E-state index in [0.717, 1.165) is 29.8 Å². The molecule has 4 N–H and O–H groups in total. The van der Waals surface area contributed by atoms with Gasteiger partial charge in [0, 0.05) is 30.3 Å². The van der Waals surface area contributed by atoms with Crippen molar-refractivity contribution in [3.05, 3.63) is 87.8 Å². The lowest BCUT2D eigenvalue weighted by atomic mass is 9.93. The van der Waals surface area contributed by atoms with Gasteiger partial charge in [0.25, 0.3) is 5.91 Å². The van der Waals surface area contributed by atoms with Crippen LogP contribution in [0.1, 0.15) is 34.8 Å². The molecule has 1 fully saturated rings. The van der Waals surface area contributed by atoms with Gasteiger partial charge >= 0.3 is 0 Å². The second-order valence-electron chi connectivity index (χ2n) is 8.99. The van der Waals surface area contributed by atoms with E-state index in [0.29, 0.717) is 24.3 Å². The summed E-state index contributed by atoms with van der Waals surface area (Å²) in [5.74, 6) is -0.389. The number of hydrogen-bond acceptors (Lipinski definition) is 8. The molecule has 190 valence electrons. The Kier molecular flexibility index (Phi) is 6.70. The average molecular weight is 501 g/mol. The summed E-state index contributed by atoms with van der Waals surface area (Å²) in [5, 5.41) is 17.5. The minimum Gasteiger partial charge on any atom is -0.384 e. The predicted octanol–water partition coefficient (Wildman–Crippen LogP) is 2.56. The summed E-state index contributed by atoms with van der Waals surface area (Å²) in [6.45, 7) is 3.31. The predicted molar refractivity (Wildman–Crippen MR) is 140 cm³/mol. The number of benzene rings is 2. The minimum atomic E-state index is -0.924. The Bertz CT molecular complexity index is 1510. The van der Waals surface area contributed by atoms with E-state index in [4.69, 9.17) is 4.84 Å². The molecule has 1 amide bonds. The number of carbonyl (C=O) groups excluding carboxylic acids is 1. The van der Waals surface area contributed by atoms with Gasteiger partial charge in [-0.1, -0.05) is 31.2 Å². The smallest absolute Gasteiger partial charge is 0.280 e. The molecule has 1 unspecified atom stereocenters. The number of aryl methyl sites for hydroxylation is 1. The highest BCUT2D eigenvalue weighted by atomic mass is 16.6. The third-order valence-electron chi connectivity index (χ3n) is 6.60. The lowest BCUT2D eigenvalue weighted by Crippen LogP contribution is -2.29. The fourth-order valence-electron chi connectivity index (χ4n) is 4.51. The molecule has 2 aromatic carbocycles. The van der Waals surface area contributed by atoms with Crippen LogP contribution in [0.4, 0.5) is 11.6 Å². The summed E-state index contributed by atoms with van der Waals surface area (Å²) in [5.41, 5.74) is 4.42. The van der Waals surface area contributed by atoms with Crippen LogP contribution in [0.25, 0.3) is 16.7 Å². The molecule has 1 saturated heterocycles. The molecular weight excluding hydrogens is 472 g/mol. The van der Waals surface area contributed by atoms with Gasteiger partial charge in [-0.2, -0.15) is 4.98 Å². The number of rotatable bonds is 7. The van der Waals surface area contributed by atoms with E-state index in [1.54, 1.807) is 4.57 Å². The maximum atomic E-state index is 13.2. The minimum absolute atomic E-state index is 0.0932. The van der Waals surface area contributed by atoms with Crippen molar-refractivity contribution in [1.29, 1.82) is 0 Å². The summed E-state index contributed by atoms with van der Waals surface area (Å²) < 4.78 is 1.69. The number of hydroxylamine groups is 1. The molecule has 0 aliphatic carbocycles. The fourth-order valence-corrected chi connectivity index (χ4v) is 4.51. The molecule has 4 aromatic rings. The summed E-state index contributed by atoms with van der Waals surface area (Å²) in [6.07, 6.45) is 4.38. The molecule has 1 atom stereocenters. The molecule has 2 aromatic heterocycles. The SMILES string of the molecule is CCc1ccc(-n2cc(C(=O)NOC)c(=O)c3cnc(Nc4cccc(C5(O)CCNC5)c4)nc32)cc1. The van der Waals surface area contributed by atoms with Crippen LogP contribution in [0.5, 0.6) is 0 Å². The Hall–Kier alpha value is -4.12. The first-order valence-corrected chi connectivity index (χ1v) is 12.1. The highest BCUT2D eigenvalue weighted by Gasteiger charge is 2.33. The molecule has 1 aliphatic rings. The fraction of sp³-hybridized carbons (Fsp3) is 0.259. The quantitative estimate of drug-likeness (QED) is 0.285. The van der Waals surface area contributed by atoms with E-state index in [1.165, 1.54) is 19.5 Å². The summed E-state index contributed by atoms with van der Waals surface area (Å²) in [4.78, 5) is 39.4. The van der Waals surface area contributed by atoms with Gasteiger partial charge < -0.3 is 20.3 Å². The number of amides is 1. The molecule has 0 radical (unpaired) electrons. The van der Waals surface area contributed by atoms with Crippen molar-refractivity contribution >= 4 is 28.6 Å². The molecule has 10 nitrogen and oxygen atoms in total. The summed E-state index contributed by atoms with van der Waals surface area (Å²) >= 11 is 0. The molecule has 0 saturated carbocycles. The Morgan fingerprint density at radius 1 is 1.24 bits per heavy atom. The van der Waals surface area contributed by atoms with Gasteiger partial charge in [-0.05, 0) is 54.8 Å². The number of nitrogens with zero attached hydrogens (tertiary/aromatic N) is 3. The van der Waals surface area contributed by atoms with Crippen LogP contribution in [0.15, 0.2) is 65.7 Å². The van der Waals surface area contributed by atoms with Crippen LogP contribution in [0.2, 0.25) is 0 Å². The summed E-state index contributed by atoms with van der Waals surface area (Å²) in [7, 11) is 1.30. The topological polar surface area (TPSA) is 130 Å². The number of anilines is 2. The Morgan fingerprint density at radius 3 is 2.76 bits per heavy atom. The molecule has 1 aliphatic heterocycles. The first-order valence-electron chi connectivity index (χ1n) is 12.1. The van der Waals surface area contributed by atoms with Gasteiger partial charge in [-0.3, -0.25) is 14.4 Å². The van der Waals surface area contributed by atoms with Gasteiger partial charge in [-0.15, -0.1) is 0 Å². The van der Waals surface area contributed by atoms with Crippen LogP contribution in [-0.2, 0) is 16.9 Å². The van der Waals surface area contributed by atoms with Crippen LogP contribution in [-0.4, -0.2) is 45.7 Å². The molecular formula is C27H28N6O4. The molecule has 5 rings (SSSR count). The standard InChI is InChI=1S/C27H28N6O4/c1-3-17-7-9-20(10-8-17)33-15-22(25(35)32-37-2)23(34)21-14-29-26(31-24(21)33)30-19-6-4-5-18(13-19)27(36)11-12-28-16-27/h4-10,13-15,28,36H,3,11-12,16H2,1-2H3,(H,32,35)(H,29,30,31). The monoisotopic (exact) mass is 500 g/mol. The zero-order valence-electron chi connectivity index (χ0n) is 20.6. The molecule has 0 spiro atoms. The van der Waals surface area contributed by atoms with E-state index in [-0.39, 0.29) is 16.9 Å². The van der Waals surface area contributed by atoms with Gasteiger partial charge in [0.1, 0.15) is 11.2 Å². The third kappa shape index (κ3) is 4.82. The van der Waals surface area contributed by atoms with Crippen LogP contribution in [0.3, 0.4) is 0 Å². The number of fused-ring (bicyclic) bond motifs is 1. The number of nitrogens with one attached hydrogen (secondary N) is 3. The van der Waals surface area contributed by atoms with E-state index in [2.05, 4.69) is 33.0 Å². The maximum Gasteiger partial charge on any atom is 0.280 e. The number of pyridine rings is 1. The molecule has 3 heterocycles. The van der Waals surface area contributed by atoms with E-state index in [1.807, 2.05) is 48.5 Å². The zero-order chi connectivity index (χ0) is 26.0. The Balaban J connectivity index is 1.59. The van der Waals surface area contributed by atoms with Gasteiger partial charge in [0.15, 0.2) is 5.65 Å². The first-order chi connectivity index (χ1) is 17.9. The number of β-amino-alcohol motifs (C(OH)–C–C–N with tert-alkyl or cyclic N) is 1. The number of aromatic nitrogens is 3. The highest BCUT2D eigenvalue weighted by Crippen LogP contribution is 2.30. The van der Waals surface area contributed by atoms with Crippen molar-refractivity contribution in [3.8, 4) is 5.69 Å². The highest BCUT2D eigenvalue weighted by molar-refractivity contribution is 5.96. The Morgan fingerprint density at radius 2 is 2.05 bits per heavy atom. The van der Waals surface area contributed by atoms with E-state index in [9.17, 15) is 14.7 Å². The molecule has 37 heavy (non-hydrogen) atoms. The second-order valence-corrected chi connectivity index (χ2v) is 8.99. The van der Waals surface area contributed by atoms with Crippen LogP contribution >= 0.6 is 0 Å². The van der Waals surface area contributed by atoms with Crippen molar-refractivity contribution in [1.82, 2.24) is 25.3 Å². The van der Waals surface area contributed by atoms with Gasteiger partial charge in [0.2, 0.25) is 11.4 Å². The lowest BCUT2D eigenvalue weighted by molar-refractivity contribution is 0.0536. The molecule has 10 heteroatoms. The lowest BCUT2D eigenvalue weighted by Gasteiger charge is -2.22. The third-order valence-corrected chi connectivity index (χ3v) is 6.60. The van der Waals surface area contributed by atoms with E-state index >= 15 is 0 Å². The van der Waals surface area contributed by atoms with Gasteiger partial charge in [-0.25, -0.2) is 10.5 Å². The largest absolute Gasteiger partial charge is 0.384 e. The van der Waals surface area contributed by atoms with Crippen molar-refractivity contribution in [2.75, 3.05) is 25.5 Å². The van der Waals surface area contributed by atoms with Gasteiger partial charge in [0.05, 0.1) is 12.5 Å². The number of carbonyl (C=O) groups is 1. The number of hydrogen-bond donors (Lipinski definition) is 4. The average Bonchev–Trinajstić information content (AvgIpc) is 3.37. The van der Waals surface area contributed by atoms with Crippen molar-refractivity contribution in [2.45, 2.75) is 25.4 Å². The normalized spacial score (nSPS) is 17.2. The van der Waals surface area contributed by atoms with Crippen LogP contribution < -0.4 is 21.5 Å². The second kappa shape index (κ2) is 10.1. The maximum absolute atomic E-state index is 13.2. The zero-order valence-corrected chi connectivity index (χ0v) is 20.6. The first kappa shape index (κ1) is 24.6. The number of aliphatic hydroxyl groups is 1. The van der Waals surface area contributed by atoms with Crippen molar-refractivity contribution in [3.63, 3.8) is 0 Å². The molecule has 0 bridgehead atoms.